The Labute approximate surface area is 142 Å². The predicted octanol–water partition coefficient (Wildman–Crippen LogP) is 4.58. The molecule has 0 bridgehead atoms. The van der Waals surface area contributed by atoms with Crippen LogP contribution in [0.2, 0.25) is 5.02 Å². The van der Waals surface area contributed by atoms with Gasteiger partial charge in [0.15, 0.2) is 0 Å². The monoisotopic (exact) mass is 341 g/mol. The SMILES string of the molecule is Oc1c(Cl)cccc1-c1cncn1Cc1cc2cc(F)ccc2[nH]1. The Morgan fingerprint density at radius 2 is 2.08 bits per heavy atom. The minimum Gasteiger partial charge on any atom is -0.506 e. The van der Waals surface area contributed by atoms with Gasteiger partial charge in [0.05, 0.1) is 29.8 Å². The normalized spacial score (nSPS) is 11.2. The van der Waals surface area contributed by atoms with Gasteiger partial charge in [0, 0.05) is 22.2 Å². The lowest BCUT2D eigenvalue weighted by Gasteiger charge is -2.09. The summed E-state index contributed by atoms with van der Waals surface area (Å²) in [7, 11) is 0. The van der Waals surface area contributed by atoms with Crippen molar-refractivity contribution < 1.29 is 9.50 Å². The molecule has 24 heavy (non-hydrogen) atoms. The van der Waals surface area contributed by atoms with E-state index in [4.69, 9.17) is 11.6 Å². The van der Waals surface area contributed by atoms with Crippen molar-refractivity contribution in [3.8, 4) is 17.0 Å². The van der Waals surface area contributed by atoms with Crippen molar-refractivity contribution in [1.29, 1.82) is 0 Å². The fraction of sp³-hybridized carbons (Fsp3) is 0.0556. The zero-order valence-corrected chi connectivity index (χ0v) is 13.3. The number of aromatic amines is 1. The number of rotatable bonds is 3. The maximum absolute atomic E-state index is 13.3. The second kappa shape index (κ2) is 5.69. The lowest BCUT2D eigenvalue weighted by atomic mass is 10.1. The highest BCUT2D eigenvalue weighted by Crippen LogP contribution is 2.35. The Morgan fingerprint density at radius 1 is 1.21 bits per heavy atom. The van der Waals surface area contributed by atoms with Crippen LogP contribution in [0.25, 0.3) is 22.2 Å². The highest BCUT2D eigenvalue weighted by atomic mass is 35.5. The topological polar surface area (TPSA) is 53.8 Å². The molecule has 4 aromatic rings. The summed E-state index contributed by atoms with van der Waals surface area (Å²) in [5.74, 6) is -0.236. The summed E-state index contributed by atoms with van der Waals surface area (Å²) >= 11 is 5.99. The smallest absolute Gasteiger partial charge is 0.143 e. The second-order valence-corrected chi connectivity index (χ2v) is 5.98. The Kier molecular flexibility index (Phi) is 3.50. The van der Waals surface area contributed by atoms with E-state index in [2.05, 4.69) is 9.97 Å². The number of hydrogen-bond donors (Lipinski definition) is 2. The Hall–Kier alpha value is -2.79. The maximum atomic E-state index is 13.3. The summed E-state index contributed by atoms with van der Waals surface area (Å²) in [5, 5.41) is 11.3. The van der Waals surface area contributed by atoms with E-state index < -0.39 is 0 Å². The maximum Gasteiger partial charge on any atom is 0.143 e. The van der Waals surface area contributed by atoms with E-state index >= 15 is 0 Å². The van der Waals surface area contributed by atoms with Gasteiger partial charge < -0.3 is 14.7 Å². The van der Waals surface area contributed by atoms with Crippen LogP contribution < -0.4 is 0 Å². The fourth-order valence-electron chi connectivity index (χ4n) is 2.83. The minimum atomic E-state index is -0.264. The van der Waals surface area contributed by atoms with Crippen molar-refractivity contribution in [2.24, 2.45) is 0 Å². The molecule has 4 rings (SSSR count). The number of benzene rings is 2. The average Bonchev–Trinajstić information content (AvgIpc) is 3.16. The van der Waals surface area contributed by atoms with Crippen molar-refractivity contribution in [1.82, 2.24) is 14.5 Å². The van der Waals surface area contributed by atoms with E-state index in [1.54, 1.807) is 36.8 Å². The quantitative estimate of drug-likeness (QED) is 0.573. The van der Waals surface area contributed by atoms with Crippen LogP contribution in [0.3, 0.4) is 0 Å². The summed E-state index contributed by atoms with van der Waals surface area (Å²) in [6.07, 6.45) is 3.36. The standard InChI is InChI=1S/C18H13ClFN3O/c19-15-3-1-2-14(18(15)24)17-8-21-10-23(17)9-13-7-11-6-12(20)4-5-16(11)22-13/h1-8,10,22,24H,9H2. The Morgan fingerprint density at radius 3 is 2.96 bits per heavy atom. The summed E-state index contributed by atoms with van der Waals surface area (Å²) in [6, 6.07) is 11.7. The van der Waals surface area contributed by atoms with Gasteiger partial charge >= 0.3 is 0 Å². The third-order valence-electron chi connectivity index (χ3n) is 3.95. The number of aromatic nitrogens is 3. The van der Waals surface area contributed by atoms with Gasteiger partial charge in [-0.05, 0) is 36.4 Å². The summed E-state index contributed by atoms with van der Waals surface area (Å²) in [6.45, 7) is 0.511. The van der Waals surface area contributed by atoms with Gasteiger partial charge in [-0.15, -0.1) is 0 Å². The van der Waals surface area contributed by atoms with Crippen molar-refractivity contribution in [2.75, 3.05) is 0 Å². The van der Waals surface area contributed by atoms with Crippen LogP contribution in [0, 0.1) is 5.82 Å². The number of aromatic hydroxyl groups is 1. The zero-order chi connectivity index (χ0) is 16.7. The van der Waals surface area contributed by atoms with Crippen LogP contribution in [-0.2, 0) is 6.54 Å². The summed E-state index contributed by atoms with van der Waals surface area (Å²) < 4.78 is 15.2. The molecule has 0 aliphatic carbocycles. The van der Waals surface area contributed by atoms with Gasteiger partial charge in [0.2, 0.25) is 0 Å². The molecule has 0 fully saturated rings. The number of fused-ring (bicyclic) bond motifs is 1. The average molecular weight is 342 g/mol. The highest BCUT2D eigenvalue weighted by molar-refractivity contribution is 6.32. The molecule has 0 spiro atoms. The van der Waals surface area contributed by atoms with Crippen LogP contribution in [-0.4, -0.2) is 19.6 Å². The molecule has 0 aliphatic rings. The Bertz CT molecular complexity index is 1040. The van der Waals surface area contributed by atoms with Gasteiger partial charge in [-0.25, -0.2) is 9.37 Å². The molecule has 2 heterocycles. The molecule has 0 saturated carbocycles. The lowest BCUT2D eigenvalue weighted by molar-refractivity contribution is 0.477. The molecule has 4 nitrogen and oxygen atoms in total. The van der Waals surface area contributed by atoms with Gasteiger partial charge in [0.1, 0.15) is 11.6 Å². The minimum absolute atomic E-state index is 0.0274. The Balaban J connectivity index is 1.73. The van der Waals surface area contributed by atoms with Gasteiger partial charge in [-0.1, -0.05) is 17.7 Å². The van der Waals surface area contributed by atoms with Gasteiger partial charge in [-0.2, -0.15) is 0 Å². The number of phenols is 1. The van der Waals surface area contributed by atoms with Crippen LogP contribution in [0.4, 0.5) is 4.39 Å². The third-order valence-corrected chi connectivity index (χ3v) is 4.26. The fourth-order valence-corrected chi connectivity index (χ4v) is 3.00. The second-order valence-electron chi connectivity index (χ2n) is 5.57. The molecular formula is C18H13ClFN3O. The first-order chi connectivity index (χ1) is 11.6. The molecule has 0 unspecified atom stereocenters. The van der Waals surface area contributed by atoms with E-state index in [0.717, 1.165) is 22.3 Å². The number of nitrogens with zero attached hydrogens (tertiary/aromatic N) is 2. The summed E-state index contributed by atoms with van der Waals surface area (Å²) in [5.41, 5.74) is 3.15. The third kappa shape index (κ3) is 2.53. The van der Waals surface area contributed by atoms with E-state index in [0.29, 0.717) is 17.1 Å². The highest BCUT2D eigenvalue weighted by Gasteiger charge is 2.13. The number of nitrogens with one attached hydrogen (secondary N) is 1. The van der Waals surface area contributed by atoms with Crippen molar-refractivity contribution in [2.45, 2.75) is 6.54 Å². The number of para-hydroxylation sites is 1. The van der Waals surface area contributed by atoms with Crippen LogP contribution in [0.5, 0.6) is 5.75 Å². The zero-order valence-electron chi connectivity index (χ0n) is 12.5. The number of H-pyrrole nitrogens is 1. The largest absolute Gasteiger partial charge is 0.506 e. The number of hydrogen-bond acceptors (Lipinski definition) is 2. The number of halogens is 2. The van der Waals surface area contributed by atoms with Crippen LogP contribution in [0.15, 0.2) is 55.0 Å². The van der Waals surface area contributed by atoms with Crippen molar-refractivity contribution in [3.05, 3.63) is 71.5 Å². The molecule has 2 aromatic heterocycles. The lowest BCUT2D eigenvalue weighted by Crippen LogP contribution is -2.00. The van der Waals surface area contributed by atoms with Crippen LogP contribution >= 0.6 is 11.6 Å². The van der Waals surface area contributed by atoms with E-state index in [9.17, 15) is 9.50 Å². The van der Waals surface area contributed by atoms with E-state index in [-0.39, 0.29) is 11.6 Å². The first kappa shape index (κ1) is 14.8. The van der Waals surface area contributed by atoms with Crippen molar-refractivity contribution in [3.63, 3.8) is 0 Å². The molecule has 0 radical (unpaired) electrons. The van der Waals surface area contributed by atoms with Crippen LogP contribution in [0.1, 0.15) is 5.69 Å². The molecule has 0 atom stereocenters. The van der Waals surface area contributed by atoms with Gasteiger partial charge in [-0.3, -0.25) is 0 Å². The van der Waals surface area contributed by atoms with E-state index in [1.165, 1.54) is 12.1 Å². The molecule has 0 saturated heterocycles. The predicted molar refractivity (Wildman–Crippen MR) is 91.7 cm³/mol. The molecule has 120 valence electrons. The van der Waals surface area contributed by atoms with Gasteiger partial charge in [0.25, 0.3) is 0 Å². The first-order valence-electron chi connectivity index (χ1n) is 7.37. The molecule has 6 heteroatoms. The molecular weight excluding hydrogens is 329 g/mol. The molecule has 2 aromatic carbocycles. The summed E-state index contributed by atoms with van der Waals surface area (Å²) in [4.78, 5) is 7.43. The molecule has 0 amide bonds. The number of imidazole rings is 1. The molecule has 2 N–H and O–H groups in total. The molecule has 0 aliphatic heterocycles. The van der Waals surface area contributed by atoms with E-state index in [1.807, 2.05) is 10.6 Å². The first-order valence-corrected chi connectivity index (χ1v) is 7.75. The number of phenolic OH excluding ortho intramolecular Hbond substituents is 1. The van der Waals surface area contributed by atoms with Crippen molar-refractivity contribution >= 4 is 22.5 Å².